The highest BCUT2D eigenvalue weighted by Gasteiger charge is 2.52. The molecule has 0 bridgehead atoms. The summed E-state index contributed by atoms with van der Waals surface area (Å²) in [7, 11) is 0. The maximum Gasteiger partial charge on any atom is 0.314 e. The Hall–Kier alpha value is -1.06. The zero-order chi connectivity index (χ0) is 14.8. The molecule has 3 atom stereocenters. The summed E-state index contributed by atoms with van der Waals surface area (Å²) in [6.45, 7) is 4.53. The third-order valence-electron chi connectivity index (χ3n) is 4.46. The summed E-state index contributed by atoms with van der Waals surface area (Å²) in [5.74, 6) is -0.755. The average Bonchev–Trinajstić information content (AvgIpc) is 2.85. The van der Waals surface area contributed by atoms with Crippen molar-refractivity contribution < 1.29 is 14.6 Å². The molecule has 3 nitrogen and oxygen atoms in total. The van der Waals surface area contributed by atoms with E-state index in [2.05, 4.69) is 0 Å². The van der Waals surface area contributed by atoms with Crippen LogP contribution in [-0.2, 0) is 14.9 Å². The molecule has 1 aromatic rings. The van der Waals surface area contributed by atoms with Crippen molar-refractivity contribution in [3.05, 3.63) is 34.9 Å². The lowest BCUT2D eigenvalue weighted by Crippen LogP contribution is -2.44. The Morgan fingerprint density at radius 3 is 2.70 bits per heavy atom. The molecule has 0 amide bonds. The van der Waals surface area contributed by atoms with Crippen LogP contribution >= 0.6 is 11.6 Å². The topological polar surface area (TPSA) is 46.5 Å². The molecule has 1 saturated carbocycles. The van der Waals surface area contributed by atoms with Crippen LogP contribution in [0.1, 0.15) is 38.7 Å². The van der Waals surface area contributed by atoms with Gasteiger partial charge < -0.3 is 9.84 Å². The van der Waals surface area contributed by atoms with Gasteiger partial charge in [-0.1, -0.05) is 30.2 Å². The molecule has 0 saturated heterocycles. The van der Waals surface area contributed by atoms with E-state index in [1.54, 1.807) is 12.1 Å². The summed E-state index contributed by atoms with van der Waals surface area (Å²) < 4.78 is 5.69. The second-order valence-electron chi connectivity index (χ2n) is 5.44. The fourth-order valence-corrected chi connectivity index (χ4v) is 3.67. The number of hydrogen-bond donors (Lipinski definition) is 1. The Morgan fingerprint density at radius 1 is 1.50 bits per heavy atom. The van der Waals surface area contributed by atoms with Crippen molar-refractivity contribution in [3.8, 4) is 0 Å². The van der Waals surface area contributed by atoms with Gasteiger partial charge in [-0.05, 0) is 44.4 Å². The number of rotatable bonds is 5. The molecule has 1 aliphatic rings. The van der Waals surface area contributed by atoms with E-state index in [1.165, 1.54) is 0 Å². The Kier molecular flexibility index (Phi) is 4.71. The Labute approximate surface area is 124 Å². The highest BCUT2D eigenvalue weighted by molar-refractivity contribution is 6.30. The lowest BCUT2D eigenvalue weighted by atomic mass is 9.70. The van der Waals surface area contributed by atoms with Gasteiger partial charge >= 0.3 is 5.97 Å². The Bertz CT molecular complexity index is 471. The zero-order valence-corrected chi connectivity index (χ0v) is 12.7. The van der Waals surface area contributed by atoms with E-state index in [0.29, 0.717) is 18.1 Å². The van der Waals surface area contributed by atoms with E-state index in [4.69, 9.17) is 16.3 Å². The number of ether oxygens (including phenoxy) is 1. The molecule has 1 N–H and O–H groups in total. The monoisotopic (exact) mass is 296 g/mol. The number of benzene rings is 1. The fraction of sp³-hybridized carbons (Fsp3) is 0.562. The third-order valence-corrected chi connectivity index (χ3v) is 4.71. The van der Waals surface area contributed by atoms with Crippen LogP contribution in [0.3, 0.4) is 0 Å². The highest BCUT2D eigenvalue weighted by Crippen LogP contribution is 2.48. The standard InChI is InChI=1S/C16H21ClO3/c1-3-20-11(2)14-5-4-10-16(14,15(18)19)12-6-8-13(17)9-7-12/h6-9,11,14H,3-5,10H2,1-2H3,(H,18,19). The lowest BCUT2D eigenvalue weighted by Gasteiger charge is -2.35. The normalized spacial score (nSPS) is 27.4. The summed E-state index contributed by atoms with van der Waals surface area (Å²) in [5.41, 5.74) is -0.0115. The molecule has 0 heterocycles. The van der Waals surface area contributed by atoms with Crippen LogP contribution < -0.4 is 0 Å². The molecule has 0 spiro atoms. The van der Waals surface area contributed by atoms with Crippen LogP contribution in [0.25, 0.3) is 0 Å². The molecule has 1 aromatic carbocycles. The molecule has 4 heteroatoms. The molecule has 1 aliphatic carbocycles. The fourth-order valence-electron chi connectivity index (χ4n) is 3.54. The van der Waals surface area contributed by atoms with Gasteiger partial charge in [0.25, 0.3) is 0 Å². The van der Waals surface area contributed by atoms with Gasteiger partial charge in [-0.25, -0.2) is 0 Å². The molecule has 0 aromatic heterocycles. The molecule has 3 unspecified atom stereocenters. The van der Waals surface area contributed by atoms with E-state index in [9.17, 15) is 9.90 Å². The van der Waals surface area contributed by atoms with Crippen LogP contribution in [0.15, 0.2) is 24.3 Å². The minimum Gasteiger partial charge on any atom is -0.481 e. The molecule has 2 rings (SSSR count). The van der Waals surface area contributed by atoms with Crippen LogP contribution in [0.5, 0.6) is 0 Å². The summed E-state index contributed by atoms with van der Waals surface area (Å²) in [5, 5.41) is 10.5. The quantitative estimate of drug-likeness (QED) is 0.896. The van der Waals surface area contributed by atoms with Gasteiger partial charge in [0.05, 0.1) is 11.5 Å². The van der Waals surface area contributed by atoms with Gasteiger partial charge in [0.15, 0.2) is 0 Å². The molecular weight excluding hydrogens is 276 g/mol. The van der Waals surface area contributed by atoms with E-state index < -0.39 is 11.4 Å². The van der Waals surface area contributed by atoms with Crippen LogP contribution in [0.2, 0.25) is 5.02 Å². The van der Waals surface area contributed by atoms with Crippen molar-refractivity contribution >= 4 is 17.6 Å². The van der Waals surface area contributed by atoms with Crippen molar-refractivity contribution in [2.45, 2.75) is 44.6 Å². The van der Waals surface area contributed by atoms with Crippen molar-refractivity contribution in [2.24, 2.45) is 5.92 Å². The SMILES string of the molecule is CCOC(C)C1CCCC1(C(=O)O)c1ccc(Cl)cc1. The van der Waals surface area contributed by atoms with E-state index >= 15 is 0 Å². The molecule has 110 valence electrons. The van der Waals surface area contributed by atoms with Crippen LogP contribution in [0, 0.1) is 5.92 Å². The summed E-state index contributed by atoms with van der Waals surface area (Å²) in [4.78, 5) is 12.0. The second kappa shape index (κ2) is 6.15. The minimum absolute atomic E-state index is 0.00104. The van der Waals surface area contributed by atoms with Crippen molar-refractivity contribution in [3.63, 3.8) is 0 Å². The number of carbonyl (C=O) groups is 1. The first-order valence-electron chi connectivity index (χ1n) is 7.13. The van der Waals surface area contributed by atoms with E-state index in [1.807, 2.05) is 26.0 Å². The number of carboxylic acid groups (broad SMARTS) is 1. The van der Waals surface area contributed by atoms with Crippen molar-refractivity contribution in [2.75, 3.05) is 6.61 Å². The number of aliphatic carboxylic acids is 1. The second-order valence-corrected chi connectivity index (χ2v) is 5.88. The van der Waals surface area contributed by atoms with Crippen molar-refractivity contribution in [1.29, 1.82) is 0 Å². The first-order chi connectivity index (χ1) is 9.52. The van der Waals surface area contributed by atoms with E-state index in [-0.39, 0.29) is 12.0 Å². The van der Waals surface area contributed by atoms with E-state index in [0.717, 1.165) is 18.4 Å². The first-order valence-corrected chi connectivity index (χ1v) is 7.51. The van der Waals surface area contributed by atoms with Gasteiger partial charge in [-0.15, -0.1) is 0 Å². The molecule has 0 radical (unpaired) electrons. The summed E-state index contributed by atoms with van der Waals surface area (Å²) >= 11 is 5.92. The minimum atomic E-state index is -0.848. The number of carboxylic acids is 1. The number of hydrogen-bond acceptors (Lipinski definition) is 2. The van der Waals surface area contributed by atoms with Gasteiger partial charge in [0.2, 0.25) is 0 Å². The highest BCUT2D eigenvalue weighted by atomic mass is 35.5. The maximum atomic E-state index is 12.0. The van der Waals surface area contributed by atoms with Gasteiger partial charge in [-0.2, -0.15) is 0 Å². The molecule has 20 heavy (non-hydrogen) atoms. The summed E-state index contributed by atoms with van der Waals surface area (Å²) in [6, 6.07) is 7.21. The van der Waals surface area contributed by atoms with Gasteiger partial charge in [0.1, 0.15) is 0 Å². The Balaban J connectivity index is 2.42. The van der Waals surface area contributed by atoms with Crippen molar-refractivity contribution in [1.82, 2.24) is 0 Å². The predicted molar refractivity (Wildman–Crippen MR) is 79.2 cm³/mol. The largest absolute Gasteiger partial charge is 0.481 e. The molecular formula is C16H21ClO3. The lowest BCUT2D eigenvalue weighted by molar-refractivity contribution is -0.148. The van der Waals surface area contributed by atoms with Gasteiger partial charge in [-0.3, -0.25) is 4.79 Å². The summed E-state index contributed by atoms with van der Waals surface area (Å²) in [6.07, 6.45) is 2.40. The maximum absolute atomic E-state index is 12.0. The Morgan fingerprint density at radius 2 is 2.15 bits per heavy atom. The number of halogens is 1. The third kappa shape index (κ3) is 2.57. The zero-order valence-electron chi connectivity index (χ0n) is 11.9. The first kappa shape index (κ1) is 15.3. The molecule has 0 aliphatic heterocycles. The predicted octanol–water partition coefficient (Wildman–Crippen LogP) is 3.89. The van der Waals surface area contributed by atoms with Crippen LogP contribution in [0.4, 0.5) is 0 Å². The average molecular weight is 297 g/mol. The van der Waals surface area contributed by atoms with Crippen LogP contribution in [-0.4, -0.2) is 23.8 Å². The molecule has 1 fully saturated rings. The smallest absolute Gasteiger partial charge is 0.314 e. The van der Waals surface area contributed by atoms with Gasteiger partial charge in [0, 0.05) is 17.5 Å².